The zero-order chi connectivity index (χ0) is 12.3. The lowest BCUT2D eigenvalue weighted by molar-refractivity contribution is -0.105. The monoisotopic (exact) mass is 235 g/mol. The normalized spacial score (nSPS) is 13.9. The molecule has 1 saturated carbocycles. The van der Waals surface area contributed by atoms with E-state index in [0.717, 1.165) is 12.8 Å². The SMILES string of the molecule is COC(=O)c1ccc(NC=O)c(OC2CC2)c1. The number of hydrogen-bond donors (Lipinski definition) is 1. The van der Waals surface area contributed by atoms with Crippen molar-refractivity contribution in [2.24, 2.45) is 0 Å². The van der Waals surface area contributed by atoms with Crippen LogP contribution in [0.5, 0.6) is 5.75 Å². The fourth-order valence-electron chi connectivity index (χ4n) is 1.41. The quantitative estimate of drug-likeness (QED) is 0.621. The van der Waals surface area contributed by atoms with Crippen molar-refractivity contribution >= 4 is 18.1 Å². The van der Waals surface area contributed by atoms with Crippen LogP contribution in [0.4, 0.5) is 5.69 Å². The van der Waals surface area contributed by atoms with Crippen molar-refractivity contribution in [1.29, 1.82) is 0 Å². The van der Waals surface area contributed by atoms with Gasteiger partial charge in [0.2, 0.25) is 6.41 Å². The Kier molecular flexibility index (Phi) is 3.27. The van der Waals surface area contributed by atoms with Crippen molar-refractivity contribution in [3.8, 4) is 5.75 Å². The maximum absolute atomic E-state index is 11.4. The minimum Gasteiger partial charge on any atom is -0.488 e. The molecule has 2 rings (SSSR count). The number of hydrogen-bond acceptors (Lipinski definition) is 4. The summed E-state index contributed by atoms with van der Waals surface area (Å²) in [5, 5.41) is 2.54. The fourth-order valence-corrected chi connectivity index (χ4v) is 1.41. The summed E-state index contributed by atoms with van der Waals surface area (Å²) < 4.78 is 10.2. The third kappa shape index (κ3) is 2.75. The molecule has 17 heavy (non-hydrogen) atoms. The molecule has 0 radical (unpaired) electrons. The van der Waals surface area contributed by atoms with E-state index in [1.807, 2.05) is 0 Å². The smallest absolute Gasteiger partial charge is 0.337 e. The van der Waals surface area contributed by atoms with E-state index in [1.165, 1.54) is 7.11 Å². The molecule has 0 unspecified atom stereocenters. The van der Waals surface area contributed by atoms with Crippen molar-refractivity contribution < 1.29 is 19.1 Å². The van der Waals surface area contributed by atoms with Gasteiger partial charge in [0, 0.05) is 0 Å². The van der Waals surface area contributed by atoms with Gasteiger partial charge < -0.3 is 14.8 Å². The molecule has 0 spiro atoms. The van der Waals surface area contributed by atoms with Crippen LogP contribution in [0.15, 0.2) is 18.2 Å². The molecule has 0 bridgehead atoms. The van der Waals surface area contributed by atoms with Gasteiger partial charge >= 0.3 is 5.97 Å². The maximum Gasteiger partial charge on any atom is 0.337 e. The topological polar surface area (TPSA) is 64.6 Å². The predicted octanol–water partition coefficient (Wildman–Crippen LogP) is 1.58. The van der Waals surface area contributed by atoms with Gasteiger partial charge in [0.25, 0.3) is 0 Å². The Morgan fingerprint density at radius 1 is 1.47 bits per heavy atom. The van der Waals surface area contributed by atoms with E-state index in [2.05, 4.69) is 10.1 Å². The zero-order valence-corrected chi connectivity index (χ0v) is 9.43. The molecule has 0 atom stereocenters. The summed E-state index contributed by atoms with van der Waals surface area (Å²) in [7, 11) is 1.32. The summed E-state index contributed by atoms with van der Waals surface area (Å²) >= 11 is 0. The molecule has 1 N–H and O–H groups in total. The van der Waals surface area contributed by atoms with Gasteiger partial charge in [-0.2, -0.15) is 0 Å². The summed E-state index contributed by atoms with van der Waals surface area (Å²) in [6.45, 7) is 0. The van der Waals surface area contributed by atoms with Crippen molar-refractivity contribution in [3.63, 3.8) is 0 Å². The van der Waals surface area contributed by atoms with Gasteiger partial charge in [-0.1, -0.05) is 0 Å². The highest BCUT2D eigenvalue weighted by Crippen LogP contribution is 2.32. The molecule has 1 aromatic rings. The number of methoxy groups -OCH3 is 1. The van der Waals surface area contributed by atoms with Gasteiger partial charge in [0.15, 0.2) is 0 Å². The lowest BCUT2D eigenvalue weighted by Gasteiger charge is -2.11. The third-order valence-corrected chi connectivity index (χ3v) is 2.44. The Balaban J connectivity index is 2.26. The molecule has 5 heteroatoms. The highest BCUT2D eigenvalue weighted by Gasteiger charge is 2.25. The summed E-state index contributed by atoms with van der Waals surface area (Å²) in [4.78, 5) is 21.8. The van der Waals surface area contributed by atoms with E-state index >= 15 is 0 Å². The van der Waals surface area contributed by atoms with Crippen molar-refractivity contribution in [2.75, 3.05) is 12.4 Å². The van der Waals surface area contributed by atoms with Gasteiger partial charge in [0.05, 0.1) is 24.5 Å². The van der Waals surface area contributed by atoms with Crippen LogP contribution in [0.3, 0.4) is 0 Å². The number of nitrogens with one attached hydrogen (secondary N) is 1. The second-order valence-electron chi connectivity index (χ2n) is 3.78. The van der Waals surface area contributed by atoms with E-state index in [-0.39, 0.29) is 6.10 Å². The summed E-state index contributed by atoms with van der Waals surface area (Å²) in [5.74, 6) is 0.0748. The molecule has 0 aromatic heterocycles. The Bertz CT molecular complexity index is 440. The minimum atomic E-state index is -0.428. The third-order valence-electron chi connectivity index (χ3n) is 2.44. The van der Waals surface area contributed by atoms with Crippen molar-refractivity contribution in [2.45, 2.75) is 18.9 Å². The van der Waals surface area contributed by atoms with Crippen LogP contribution < -0.4 is 10.1 Å². The van der Waals surface area contributed by atoms with Crippen LogP contribution in [0.25, 0.3) is 0 Å². The molecule has 1 aromatic carbocycles. The number of carbonyl (C=O) groups is 2. The van der Waals surface area contributed by atoms with E-state index in [4.69, 9.17) is 4.74 Å². The Morgan fingerprint density at radius 2 is 2.24 bits per heavy atom. The lowest BCUT2D eigenvalue weighted by atomic mass is 10.2. The molecular weight excluding hydrogens is 222 g/mol. The number of amides is 1. The van der Waals surface area contributed by atoms with Gasteiger partial charge in [-0.05, 0) is 31.0 Å². The molecule has 1 amide bonds. The molecule has 1 aliphatic carbocycles. The molecule has 0 saturated heterocycles. The Labute approximate surface area is 98.7 Å². The molecule has 1 fully saturated rings. The first-order valence-electron chi connectivity index (χ1n) is 5.34. The minimum absolute atomic E-state index is 0.190. The predicted molar refractivity (Wildman–Crippen MR) is 61.1 cm³/mol. The zero-order valence-electron chi connectivity index (χ0n) is 9.43. The highest BCUT2D eigenvalue weighted by molar-refractivity contribution is 5.91. The summed E-state index contributed by atoms with van der Waals surface area (Å²) in [5.41, 5.74) is 0.958. The number of ether oxygens (including phenoxy) is 2. The first-order chi connectivity index (χ1) is 8.24. The van der Waals surface area contributed by atoms with E-state index < -0.39 is 5.97 Å². The van der Waals surface area contributed by atoms with Crippen LogP contribution in [0.2, 0.25) is 0 Å². The van der Waals surface area contributed by atoms with E-state index in [0.29, 0.717) is 23.4 Å². The maximum atomic E-state index is 11.4. The second-order valence-corrected chi connectivity index (χ2v) is 3.78. The molecule has 5 nitrogen and oxygen atoms in total. The Morgan fingerprint density at radius 3 is 2.82 bits per heavy atom. The summed E-state index contributed by atoms with van der Waals surface area (Å²) in [6, 6.07) is 4.78. The first-order valence-corrected chi connectivity index (χ1v) is 5.34. The standard InChI is InChI=1S/C12H13NO4/c1-16-12(15)8-2-5-10(13-7-14)11(6-8)17-9-3-4-9/h2,5-7,9H,3-4H2,1H3,(H,13,14). The van der Waals surface area contributed by atoms with Crippen LogP contribution in [0.1, 0.15) is 23.2 Å². The van der Waals surface area contributed by atoms with Crippen LogP contribution in [-0.4, -0.2) is 25.6 Å². The number of carbonyl (C=O) groups excluding carboxylic acids is 2. The van der Waals surface area contributed by atoms with Crippen LogP contribution >= 0.6 is 0 Å². The average Bonchev–Trinajstić information content (AvgIpc) is 3.14. The van der Waals surface area contributed by atoms with E-state index in [1.54, 1.807) is 18.2 Å². The fraction of sp³-hybridized carbons (Fsp3) is 0.333. The lowest BCUT2D eigenvalue weighted by Crippen LogP contribution is -2.06. The molecule has 0 heterocycles. The molecule has 0 aliphatic heterocycles. The number of esters is 1. The van der Waals surface area contributed by atoms with Gasteiger partial charge in [-0.15, -0.1) is 0 Å². The number of rotatable bonds is 5. The summed E-state index contributed by atoms with van der Waals surface area (Å²) in [6.07, 6.45) is 2.77. The van der Waals surface area contributed by atoms with Crippen molar-refractivity contribution in [1.82, 2.24) is 0 Å². The van der Waals surface area contributed by atoms with Crippen molar-refractivity contribution in [3.05, 3.63) is 23.8 Å². The van der Waals surface area contributed by atoms with E-state index in [9.17, 15) is 9.59 Å². The first kappa shape index (κ1) is 11.4. The van der Waals surface area contributed by atoms with Gasteiger partial charge in [-0.25, -0.2) is 4.79 Å². The Hall–Kier alpha value is -2.04. The van der Waals surface area contributed by atoms with Gasteiger partial charge in [-0.3, -0.25) is 4.79 Å². The second kappa shape index (κ2) is 4.86. The molecular formula is C12H13NO4. The highest BCUT2D eigenvalue weighted by atomic mass is 16.5. The van der Waals surface area contributed by atoms with Crippen LogP contribution in [-0.2, 0) is 9.53 Å². The molecule has 1 aliphatic rings. The van der Waals surface area contributed by atoms with Gasteiger partial charge in [0.1, 0.15) is 5.75 Å². The van der Waals surface area contributed by atoms with Crippen LogP contribution in [0, 0.1) is 0 Å². The number of benzene rings is 1. The largest absolute Gasteiger partial charge is 0.488 e. The number of anilines is 1. The molecule has 90 valence electrons. The average molecular weight is 235 g/mol.